The average Bonchev–Trinajstić information content (AvgIpc) is 3.11. The number of rotatable bonds is 5. The minimum Gasteiger partial charge on any atom is -0.453 e. The van der Waals surface area contributed by atoms with Crippen molar-refractivity contribution < 1.29 is 9.53 Å². The summed E-state index contributed by atoms with van der Waals surface area (Å²) in [6, 6.07) is 9.91. The Morgan fingerprint density at radius 3 is 2.62 bits per heavy atom. The van der Waals surface area contributed by atoms with Crippen molar-refractivity contribution >= 4 is 6.09 Å². The summed E-state index contributed by atoms with van der Waals surface area (Å²) < 4.78 is 6.54. The number of piperazine rings is 1. The van der Waals surface area contributed by atoms with Crippen molar-refractivity contribution in [2.75, 3.05) is 39.8 Å². The molecule has 1 aromatic heterocycles. The number of hydrogen-bond donors (Lipinski definition) is 0. The third kappa shape index (κ3) is 3.88. The first-order valence-electron chi connectivity index (χ1n) is 8.16. The Morgan fingerprint density at radius 2 is 1.92 bits per heavy atom. The fourth-order valence-corrected chi connectivity index (χ4v) is 2.88. The Bertz CT molecular complexity index is 652. The molecule has 8 heteroatoms. The zero-order chi connectivity index (χ0) is 16.8. The van der Waals surface area contributed by atoms with E-state index < -0.39 is 0 Å². The second kappa shape index (κ2) is 7.87. The largest absolute Gasteiger partial charge is 0.453 e. The highest BCUT2D eigenvalue weighted by Crippen LogP contribution is 2.10. The van der Waals surface area contributed by atoms with Crippen LogP contribution in [0.2, 0.25) is 0 Å². The van der Waals surface area contributed by atoms with Gasteiger partial charge in [0.15, 0.2) is 5.82 Å². The van der Waals surface area contributed by atoms with Crippen molar-refractivity contribution in [2.45, 2.75) is 12.8 Å². The maximum atomic E-state index is 11.5. The molecule has 1 aromatic carbocycles. The lowest BCUT2D eigenvalue weighted by Crippen LogP contribution is -2.48. The molecule has 2 heterocycles. The van der Waals surface area contributed by atoms with Crippen LogP contribution in [0.4, 0.5) is 4.79 Å². The lowest BCUT2D eigenvalue weighted by atomic mass is 10.2. The predicted molar refractivity (Wildman–Crippen MR) is 87.9 cm³/mol. The summed E-state index contributed by atoms with van der Waals surface area (Å²) in [6.45, 7) is 4.15. The van der Waals surface area contributed by atoms with Crippen LogP contribution in [0.1, 0.15) is 12.2 Å². The quantitative estimate of drug-likeness (QED) is 0.813. The minimum absolute atomic E-state index is 0.239. The highest BCUT2D eigenvalue weighted by Gasteiger charge is 2.21. The number of methoxy groups -OCH3 is 1. The summed E-state index contributed by atoms with van der Waals surface area (Å²) in [6.07, 6.45) is 1.56. The number of aromatic nitrogens is 4. The summed E-state index contributed by atoms with van der Waals surface area (Å²) in [5.41, 5.74) is 0.976. The Morgan fingerprint density at radius 1 is 1.17 bits per heavy atom. The molecule has 0 radical (unpaired) electrons. The molecule has 0 unspecified atom stereocenters. The van der Waals surface area contributed by atoms with E-state index in [0.29, 0.717) is 13.1 Å². The van der Waals surface area contributed by atoms with Gasteiger partial charge in [-0.05, 0) is 35.5 Å². The summed E-state index contributed by atoms with van der Waals surface area (Å²) in [7, 11) is 1.42. The topological polar surface area (TPSA) is 76.4 Å². The number of amides is 1. The van der Waals surface area contributed by atoms with Crippen LogP contribution in [-0.4, -0.2) is 75.9 Å². The first-order chi connectivity index (χ1) is 11.8. The first-order valence-corrected chi connectivity index (χ1v) is 8.16. The summed E-state index contributed by atoms with van der Waals surface area (Å²) in [5.74, 6) is 0.870. The van der Waals surface area contributed by atoms with Crippen LogP contribution in [0.25, 0.3) is 5.69 Å². The molecular weight excluding hydrogens is 308 g/mol. The van der Waals surface area contributed by atoms with Gasteiger partial charge < -0.3 is 9.64 Å². The van der Waals surface area contributed by atoms with Crippen LogP contribution in [0, 0.1) is 0 Å². The normalized spacial score (nSPS) is 15.5. The van der Waals surface area contributed by atoms with Crippen LogP contribution in [0.5, 0.6) is 0 Å². The van der Waals surface area contributed by atoms with Gasteiger partial charge in [-0.25, -0.2) is 4.79 Å². The molecule has 1 saturated heterocycles. The Balaban J connectivity index is 1.47. The van der Waals surface area contributed by atoms with Crippen molar-refractivity contribution in [2.24, 2.45) is 0 Å². The van der Waals surface area contributed by atoms with Gasteiger partial charge in [0, 0.05) is 32.6 Å². The summed E-state index contributed by atoms with van der Waals surface area (Å²) >= 11 is 0. The molecule has 0 atom stereocenters. The maximum absolute atomic E-state index is 11.5. The average molecular weight is 330 g/mol. The zero-order valence-corrected chi connectivity index (χ0v) is 13.8. The SMILES string of the molecule is COC(=O)N1CCN(CCCc2nnnn2-c2ccccc2)CC1. The Labute approximate surface area is 141 Å². The third-order valence-electron chi connectivity index (χ3n) is 4.21. The molecule has 3 rings (SSSR count). The minimum atomic E-state index is -0.239. The second-order valence-corrected chi connectivity index (χ2v) is 5.74. The molecule has 0 N–H and O–H groups in total. The van der Waals surface area contributed by atoms with Gasteiger partial charge in [-0.3, -0.25) is 4.90 Å². The van der Waals surface area contributed by atoms with Gasteiger partial charge in [-0.2, -0.15) is 4.68 Å². The molecule has 1 aliphatic rings. The smallest absolute Gasteiger partial charge is 0.409 e. The first kappa shape index (κ1) is 16.4. The molecule has 8 nitrogen and oxygen atoms in total. The van der Waals surface area contributed by atoms with E-state index in [9.17, 15) is 4.79 Å². The van der Waals surface area contributed by atoms with E-state index in [0.717, 1.165) is 44.0 Å². The number of carbonyl (C=O) groups excluding carboxylic acids is 1. The number of hydrogen-bond acceptors (Lipinski definition) is 6. The number of aryl methyl sites for hydroxylation is 1. The predicted octanol–water partition coefficient (Wildman–Crippen LogP) is 0.979. The maximum Gasteiger partial charge on any atom is 0.409 e. The number of carbonyl (C=O) groups is 1. The molecule has 1 fully saturated rings. The van der Waals surface area contributed by atoms with Gasteiger partial charge in [-0.1, -0.05) is 18.2 Å². The summed E-state index contributed by atoms with van der Waals surface area (Å²) in [5, 5.41) is 12.0. The van der Waals surface area contributed by atoms with Gasteiger partial charge in [-0.15, -0.1) is 5.10 Å². The van der Waals surface area contributed by atoms with E-state index in [1.165, 1.54) is 7.11 Å². The van der Waals surface area contributed by atoms with Crippen molar-refractivity contribution in [1.82, 2.24) is 30.0 Å². The second-order valence-electron chi connectivity index (χ2n) is 5.74. The van der Waals surface area contributed by atoms with Crippen LogP contribution in [0.3, 0.4) is 0 Å². The number of para-hydroxylation sites is 1. The molecule has 1 amide bonds. The van der Waals surface area contributed by atoms with Crippen LogP contribution < -0.4 is 0 Å². The van der Waals surface area contributed by atoms with Crippen LogP contribution in [-0.2, 0) is 11.2 Å². The lowest BCUT2D eigenvalue weighted by molar-refractivity contribution is 0.0907. The van der Waals surface area contributed by atoms with Gasteiger partial charge in [0.25, 0.3) is 0 Å². The molecule has 2 aromatic rings. The van der Waals surface area contributed by atoms with E-state index in [1.807, 2.05) is 30.3 Å². The molecule has 0 aliphatic carbocycles. The van der Waals surface area contributed by atoms with Crippen molar-refractivity contribution in [3.05, 3.63) is 36.2 Å². The standard InChI is InChI=1S/C16H22N6O2/c1-24-16(23)21-12-10-20(11-13-21)9-5-8-15-17-18-19-22(15)14-6-3-2-4-7-14/h2-4,6-7H,5,8-13H2,1H3. The van der Waals surface area contributed by atoms with E-state index in [-0.39, 0.29) is 6.09 Å². The van der Waals surface area contributed by atoms with Crippen LogP contribution >= 0.6 is 0 Å². The fraction of sp³-hybridized carbons (Fsp3) is 0.500. The van der Waals surface area contributed by atoms with Crippen molar-refractivity contribution in [3.8, 4) is 5.69 Å². The number of nitrogens with zero attached hydrogens (tertiary/aromatic N) is 6. The monoisotopic (exact) mass is 330 g/mol. The van der Waals surface area contributed by atoms with E-state index >= 15 is 0 Å². The highest BCUT2D eigenvalue weighted by atomic mass is 16.5. The van der Waals surface area contributed by atoms with Crippen LogP contribution in [0.15, 0.2) is 30.3 Å². The zero-order valence-electron chi connectivity index (χ0n) is 13.8. The Hall–Kier alpha value is -2.48. The molecule has 128 valence electrons. The van der Waals surface area contributed by atoms with Gasteiger partial charge in [0.1, 0.15) is 0 Å². The van der Waals surface area contributed by atoms with Crippen molar-refractivity contribution in [3.63, 3.8) is 0 Å². The number of ether oxygens (including phenoxy) is 1. The number of benzene rings is 1. The van der Waals surface area contributed by atoms with Gasteiger partial charge in [0.05, 0.1) is 12.8 Å². The highest BCUT2D eigenvalue weighted by molar-refractivity contribution is 5.67. The van der Waals surface area contributed by atoms with E-state index in [4.69, 9.17) is 4.74 Å². The van der Waals surface area contributed by atoms with Gasteiger partial charge in [0.2, 0.25) is 0 Å². The van der Waals surface area contributed by atoms with E-state index in [2.05, 4.69) is 20.4 Å². The molecule has 0 bridgehead atoms. The molecular formula is C16H22N6O2. The third-order valence-corrected chi connectivity index (χ3v) is 4.21. The lowest BCUT2D eigenvalue weighted by Gasteiger charge is -2.33. The Kier molecular flexibility index (Phi) is 5.37. The molecule has 0 saturated carbocycles. The number of tetrazole rings is 1. The van der Waals surface area contributed by atoms with Gasteiger partial charge >= 0.3 is 6.09 Å². The molecule has 24 heavy (non-hydrogen) atoms. The molecule has 1 aliphatic heterocycles. The molecule has 0 spiro atoms. The van der Waals surface area contributed by atoms with Crippen molar-refractivity contribution in [1.29, 1.82) is 0 Å². The summed E-state index contributed by atoms with van der Waals surface area (Å²) in [4.78, 5) is 15.6. The fourth-order valence-electron chi connectivity index (χ4n) is 2.88. The van der Waals surface area contributed by atoms with E-state index in [1.54, 1.807) is 9.58 Å².